The van der Waals surface area contributed by atoms with Crippen molar-refractivity contribution in [1.29, 1.82) is 0 Å². The molecule has 0 unspecified atom stereocenters. The van der Waals surface area contributed by atoms with Crippen molar-refractivity contribution in [3.63, 3.8) is 0 Å². The number of benzene rings is 1. The van der Waals surface area contributed by atoms with E-state index in [-0.39, 0.29) is 10.6 Å². The summed E-state index contributed by atoms with van der Waals surface area (Å²) in [5.41, 5.74) is 1.33. The molecule has 0 aliphatic carbocycles. The first-order valence-electron chi connectivity index (χ1n) is 4.80. The predicted molar refractivity (Wildman–Crippen MR) is 62.7 cm³/mol. The first-order valence-corrected chi connectivity index (χ1v) is 4.80. The molecule has 2 aromatic rings. The van der Waals surface area contributed by atoms with Crippen LogP contribution in [0.3, 0.4) is 0 Å². The summed E-state index contributed by atoms with van der Waals surface area (Å²) in [6.45, 7) is 0. The molecule has 0 bridgehead atoms. The van der Waals surface area contributed by atoms with Crippen molar-refractivity contribution in [2.75, 3.05) is 19.0 Å². The minimum Gasteiger partial charge on any atom is -0.372 e. The van der Waals surface area contributed by atoms with E-state index in [9.17, 15) is 10.1 Å². The molecular formula is C11H11N3O2. The molecule has 1 aromatic heterocycles. The first-order chi connectivity index (χ1) is 7.61. The Morgan fingerprint density at radius 2 is 2.06 bits per heavy atom. The summed E-state index contributed by atoms with van der Waals surface area (Å²) >= 11 is 0. The molecular weight excluding hydrogens is 206 g/mol. The molecule has 0 N–H and O–H groups in total. The summed E-state index contributed by atoms with van der Waals surface area (Å²) in [5.74, 6) is 0. The average Bonchev–Trinajstić information content (AvgIpc) is 2.27. The number of nitro benzene ring substituents is 1. The molecule has 16 heavy (non-hydrogen) atoms. The zero-order valence-corrected chi connectivity index (χ0v) is 9.04. The second kappa shape index (κ2) is 3.77. The quantitative estimate of drug-likeness (QED) is 0.571. The van der Waals surface area contributed by atoms with Crippen LogP contribution in [0.5, 0.6) is 0 Å². The van der Waals surface area contributed by atoms with Gasteiger partial charge in [0.2, 0.25) is 0 Å². The molecule has 1 aromatic carbocycles. The van der Waals surface area contributed by atoms with E-state index < -0.39 is 0 Å². The lowest BCUT2D eigenvalue weighted by atomic mass is 10.1. The highest BCUT2D eigenvalue weighted by Gasteiger charge is 2.19. The van der Waals surface area contributed by atoms with Crippen LogP contribution < -0.4 is 4.90 Å². The van der Waals surface area contributed by atoms with E-state index in [1.54, 1.807) is 49.5 Å². The summed E-state index contributed by atoms with van der Waals surface area (Å²) in [6.07, 6.45) is 1.63. The summed E-state index contributed by atoms with van der Waals surface area (Å²) in [4.78, 5) is 16.6. The number of fused-ring (bicyclic) bond motifs is 1. The van der Waals surface area contributed by atoms with Crippen molar-refractivity contribution in [1.82, 2.24) is 4.98 Å². The topological polar surface area (TPSA) is 59.3 Å². The Hall–Kier alpha value is -2.17. The van der Waals surface area contributed by atoms with E-state index >= 15 is 0 Å². The van der Waals surface area contributed by atoms with Crippen molar-refractivity contribution in [3.8, 4) is 0 Å². The third kappa shape index (κ3) is 1.56. The molecule has 5 nitrogen and oxygen atoms in total. The highest BCUT2D eigenvalue weighted by molar-refractivity contribution is 5.94. The number of rotatable bonds is 2. The molecule has 5 heteroatoms. The van der Waals surface area contributed by atoms with Gasteiger partial charge in [-0.2, -0.15) is 0 Å². The number of aromatic nitrogens is 1. The maximum Gasteiger partial charge on any atom is 0.301 e. The fourth-order valence-electron chi connectivity index (χ4n) is 1.68. The van der Waals surface area contributed by atoms with E-state index in [0.29, 0.717) is 16.6 Å². The standard InChI is InChI=1S/C11H11N3O2/c1-13(2)10-6-5-9-8(4-3-7-12-9)11(10)14(15)16/h3-7H,1-2H3. The van der Waals surface area contributed by atoms with Crippen LogP contribution in [0, 0.1) is 10.1 Å². The zero-order chi connectivity index (χ0) is 11.7. The zero-order valence-electron chi connectivity index (χ0n) is 9.04. The number of nitrogens with zero attached hydrogens (tertiary/aromatic N) is 3. The van der Waals surface area contributed by atoms with Crippen LogP contribution in [-0.2, 0) is 0 Å². The average molecular weight is 217 g/mol. The molecule has 0 fully saturated rings. The largest absolute Gasteiger partial charge is 0.372 e. The van der Waals surface area contributed by atoms with Gasteiger partial charge in [0.1, 0.15) is 5.69 Å². The highest BCUT2D eigenvalue weighted by Crippen LogP contribution is 2.33. The maximum absolute atomic E-state index is 11.1. The minimum absolute atomic E-state index is 0.107. The van der Waals surface area contributed by atoms with Crippen LogP contribution in [0.2, 0.25) is 0 Å². The summed E-state index contributed by atoms with van der Waals surface area (Å²) in [5, 5.41) is 11.7. The molecule has 0 saturated heterocycles. The molecule has 0 aliphatic rings. The molecule has 82 valence electrons. The molecule has 2 rings (SSSR count). The lowest BCUT2D eigenvalue weighted by Gasteiger charge is -2.13. The van der Waals surface area contributed by atoms with Crippen LogP contribution >= 0.6 is 0 Å². The van der Waals surface area contributed by atoms with Crippen LogP contribution in [0.1, 0.15) is 0 Å². The lowest BCUT2D eigenvalue weighted by Crippen LogP contribution is -2.11. The second-order valence-electron chi connectivity index (χ2n) is 3.65. The first kappa shape index (κ1) is 10.4. The summed E-state index contributed by atoms with van der Waals surface area (Å²) < 4.78 is 0. The summed E-state index contributed by atoms with van der Waals surface area (Å²) in [7, 11) is 3.56. The second-order valence-corrected chi connectivity index (χ2v) is 3.65. The Balaban J connectivity index is 2.84. The van der Waals surface area contributed by atoms with Gasteiger partial charge in [-0.15, -0.1) is 0 Å². The monoisotopic (exact) mass is 217 g/mol. The van der Waals surface area contributed by atoms with Gasteiger partial charge in [0.15, 0.2) is 0 Å². The van der Waals surface area contributed by atoms with E-state index in [2.05, 4.69) is 4.98 Å². The Morgan fingerprint density at radius 1 is 1.31 bits per heavy atom. The van der Waals surface area contributed by atoms with Gasteiger partial charge in [-0.1, -0.05) is 0 Å². The predicted octanol–water partition coefficient (Wildman–Crippen LogP) is 2.21. The fraction of sp³-hybridized carbons (Fsp3) is 0.182. The van der Waals surface area contributed by atoms with Gasteiger partial charge in [0.05, 0.1) is 15.8 Å². The molecule has 0 radical (unpaired) electrons. The van der Waals surface area contributed by atoms with Crippen LogP contribution in [0.15, 0.2) is 30.5 Å². The Labute approximate surface area is 92.5 Å². The molecule has 0 aliphatic heterocycles. The van der Waals surface area contributed by atoms with Gasteiger partial charge in [-0.3, -0.25) is 15.1 Å². The Bertz CT molecular complexity index is 552. The molecule has 1 heterocycles. The molecule has 0 saturated carbocycles. The number of hydrogen-bond donors (Lipinski definition) is 0. The third-order valence-corrected chi connectivity index (χ3v) is 2.40. The van der Waals surface area contributed by atoms with Crippen LogP contribution in [0.25, 0.3) is 10.9 Å². The molecule has 0 atom stereocenters. The summed E-state index contributed by atoms with van der Waals surface area (Å²) in [6, 6.07) is 6.92. The van der Waals surface area contributed by atoms with Crippen molar-refractivity contribution in [2.45, 2.75) is 0 Å². The van der Waals surface area contributed by atoms with Gasteiger partial charge in [-0.25, -0.2) is 0 Å². The Morgan fingerprint density at radius 3 is 2.69 bits per heavy atom. The SMILES string of the molecule is CN(C)c1ccc2ncccc2c1[N+](=O)[O-]. The molecule has 0 amide bonds. The Kier molecular flexibility index (Phi) is 2.44. The van der Waals surface area contributed by atoms with Crippen molar-refractivity contribution >= 4 is 22.3 Å². The van der Waals surface area contributed by atoms with Gasteiger partial charge in [0, 0.05) is 20.3 Å². The maximum atomic E-state index is 11.1. The van der Waals surface area contributed by atoms with Crippen molar-refractivity contribution in [3.05, 3.63) is 40.6 Å². The van der Waals surface area contributed by atoms with Gasteiger partial charge in [-0.05, 0) is 24.3 Å². The smallest absolute Gasteiger partial charge is 0.301 e. The van der Waals surface area contributed by atoms with E-state index in [4.69, 9.17) is 0 Å². The highest BCUT2D eigenvalue weighted by atomic mass is 16.6. The molecule has 0 spiro atoms. The van der Waals surface area contributed by atoms with E-state index in [0.717, 1.165) is 0 Å². The van der Waals surface area contributed by atoms with Crippen molar-refractivity contribution in [2.24, 2.45) is 0 Å². The van der Waals surface area contributed by atoms with Gasteiger partial charge >= 0.3 is 5.69 Å². The third-order valence-electron chi connectivity index (χ3n) is 2.40. The lowest BCUT2D eigenvalue weighted by molar-refractivity contribution is -0.382. The van der Waals surface area contributed by atoms with Crippen LogP contribution in [0.4, 0.5) is 11.4 Å². The number of hydrogen-bond acceptors (Lipinski definition) is 4. The van der Waals surface area contributed by atoms with Crippen LogP contribution in [-0.4, -0.2) is 24.0 Å². The van der Waals surface area contributed by atoms with E-state index in [1.165, 1.54) is 0 Å². The number of pyridine rings is 1. The minimum atomic E-state index is -0.362. The number of anilines is 1. The number of nitro groups is 1. The fourth-order valence-corrected chi connectivity index (χ4v) is 1.68. The van der Waals surface area contributed by atoms with Gasteiger partial charge < -0.3 is 4.90 Å². The normalized spacial score (nSPS) is 10.4. The van der Waals surface area contributed by atoms with E-state index in [1.807, 2.05) is 0 Å². The van der Waals surface area contributed by atoms with Crippen molar-refractivity contribution < 1.29 is 4.92 Å². The van der Waals surface area contributed by atoms with Gasteiger partial charge in [0.25, 0.3) is 0 Å².